The fourth-order valence-electron chi connectivity index (χ4n) is 2.78. The summed E-state index contributed by atoms with van der Waals surface area (Å²) >= 11 is 0. The number of hydrogen-bond acceptors (Lipinski definition) is 9. The molecule has 3 aromatic rings. The van der Waals surface area contributed by atoms with E-state index in [-0.39, 0.29) is 23.2 Å². The van der Waals surface area contributed by atoms with E-state index < -0.39 is 11.9 Å². The largest absolute Gasteiger partial charge is 0.486 e. The Morgan fingerprint density at radius 2 is 1.90 bits per heavy atom. The number of carbonyl (C=O) groups excluding carboxylic acids is 2. The molecule has 0 aliphatic carbocycles. The second-order valence-electron chi connectivity index (χ2n) is 6.08. The Bertz CT molecular complexity index is 1090. The average Bonchev–Trinajstić information content (AvgIpc) is 3.07. The van der Waals surface area contributed by atoms with Crippen LogP contribution in [0.3, 0.4) is 0 Å². The molecule has 29 heavy (non-hydrogen) atoms. The van der Waals surface area contributed by atoms with Gasteiger partial charge >= 0.3 is 5.97 Å². The molecule has 0 saturated carbocycles. The first-order valence-corrected chi connectivity index (χ1v) is 8.72. The second-order valence-corrected chi connectivity index (χ2v) is 6.08. The van der Waals surface area contributed by atoms with Gasteiger partial charge in [-0.25, -0.2) is 0 Å². The topological polar surface area (TPSA) is 131 Å². The lowest BCUT2D eigenvalue weighted by molar-refractivity contribution is -0.131. The Hall–Kier alpha value is -4.08. The van der Waals surface area contributed by atoms with Gasteiger partial charge in [-0.2, -0.15) is 9.67 Å². The maximum absolute atomic E-state index is 12.9. The molecule has 0 atom stereocenters. The van der Waals surface area contributed by atoms with Gasteiger partial charge in [0.05, 0.1) is 5.56 Å². The smallest absolute Gasteiger partial charge is 0.308 e. The molecule has 1 aliphatic heterocycles. The third-order valence-electron chi connectivity index (χ3n) is 3.99. The number of ether oxygens (including phenoxy) is 3. The summed E-state index contributed by atoms with van der Waals surface area (Å²) in [5, 5.41) is 7.09. The van der Waals surface area contributed by atoms with E-state index >= 15 is 0 Å². The Kier molecular flexibility index (Phi) is 4.73. The van der Waals surface area contributed by atoms with Gasteiger partial charge in [0, 0.05) is 18.7 Å². The molecule has 10 heteroatoms. The van der Waals surface area contributed by atoms with Crippen molar-refractivity contribution in [2.45, 2.75) is 6.92 Å². The molecule has 1 aromatic heterocycles. The highest BCUT2D eigenvalue weighted by atomic mass is 16.6. The SMILES string of the molecule is CC(=O)Oc1ccccc1C(=O)n1nc(Nc2ccc3c(c2)OCCO3)nc1N. The fourth-order valence-corrected chi connectivity index (χ4v) is 2.78. The molecule has 148 valence electrons. The third kappa shape index (κ3) is 3.81. The van der Waals surface area contributed by atoms with Crippen LogP contribution in [-0.4, -0.2) is 39.9 Å². The van der Waals surface area contributed by atoms with E-state index in [0.717, 1.165) is 4.68 Å². The van der Waals surface area contributed by atoms with E-state index in [0.29, 0.717) is 30.4 Å². The number of nitrogens with one attached hydrogen (secondary N) is 1. The van der Waals surface area contributed by atoms with Crippen molar-refractivity contribution in [3.63, 3.8) is 0 Å². The van der Waals surface area contributed by atoms with Crippen molar-refractivity contribution in [3.8, 4) is 17.2 Å². The van der Waals surface area contributed by atoms with Crippen LogP contribution < -0.4 is 25.3 Å². The lowest BCUT2D eigenvalue weighted by Crippen LogP contribution is -2.18. The maximum Gasteiger partial charge on any atom is 0.308 e. The van der Waals surface area contributed by atoms with E-state index in [1.165, 1.54) is 19.1 Å². The van der Waals surface area contributed by atoms with Gasteiger partial charge in [-0.1, -0.05) is 12.1 Å². The first-order valence-electron chi connectivity index (χ1n) is 8.72. The summed E-state index contributed by atoms with van der Waals surface area (Å²) in [4.78, 5) is 28.2. The van der Waals surface area contributed by atoms with Gasteiger partial charge in [0.2, 0.25) is 11.9 Å². The molecular weight excluding hydrogens is 378 g/mol. The number of anilines is 3. The van der Waals surface area contributed by atoms with Gasteiger partial charge in [-0.05, 0) is 24.3 Å². The van der Waals surface area contributed by atoms with Crippen LogP contribution in [-0.2, 0) is 4.79 Å². The van der Waals surface area contributed by atoms with Crippen LogP contribution in [0.1, 0.15) is 17.3 Å². The van der Waals surface area contributed by atoms with Gasteiger partial charge < -0.3 is 25.3 Å². The summed E-state index contributed by atoms with van der Waals surface area (Å²) < 4.78 is 17.0. The van der Waals surface area contributed by atoms with Gasteiger partial charge in [-0.3, -0.25) is 9.59 Å². The Morgan fingerprint density at radius 1 is 1.14 bits per heavy atom. The molecule has 0 spiro atoms. The molecule has 2 aromatic carbocycles. The van der Waals surface area contributed by atoms with Crippen molar-refractivity contribution in [2.75, 3.05) is 24.3 Å². The van der Waals surface area contributed by atoms with Gasteiger partial charge in [0.1, 0.15) is 19.0 Å². The summed E-state index contributed by atoms with van der Waals surface area (Å²) in [6.07, 6.45) is 0. The number of para-hydroxylation sites is 1. The number of carbonyl (C=O) groups is 2. The van der Waals surface area contributed by atoms with Crippen molar-refractivity contribution >= 4 is 29.5 Å². The van der Waals surface area contributed by atoms with Crippen LogP contribution in [0, 0.1) is 0 Å². The van der Waals surface area contributed by atoms with Crippen LogP contribution in [0.5, 0.6) is 17.2 Å². The first-order chi connectivity index (χ1) is 14.0. The molecule has 0 fully saturated rings. The molecule has 4 rings (SSSR count). The number of aromatic nitrogens is 3. The number of rotatable bonds is 4. The Labute approximate surface area is 165 Å². The molecule has 0 radical (unpaired) electrons. The van der Waals surface area contributed by atoms with Crippen molar-refractivity contribution in [1.82, 2.24) is 14.8 Å². The number of benzene rings is 2. The summed E-state index contributed by atoms with van der Waals surface area (Å²) in [5.41, 5.74) is 6.64. The minimum absolute atomic E-state index is 0.112. The van der Waals surface area contributed by atoms with Gasteiger partial charge in [-0.15, -0.1) is 5.10 Å². The second kappa shape index (κ2) is 7.50. The number of nitrogen functional groups attached to an aromatic ring is 1. The lowest BCUT2D eigenvalue weighted by atomic mass is 10.2. The highest BCUT2D eigenvalue weighted by molar-refractivity contribution is 5.99. The standard InChI is InChI=1S/C19H17N5O5/c1-11(25)29-14-5-3-2-4-13(14)17(26)24-18(20)22-19(23-24)21-12-6-7-15-16(10-12)28-9-8-27-15/h2-7,10H,8-9H2,1H3,(H3,20,21,22,23). The number of fused-ring (bicyclic) bond motifs is 1. The van der Waals surface area contributed by atoms with Crippen molar-refractivity contribution in [3.05, 3.63) is 48.0 Å². The van der Waals surface area contributed by atoms with Gasteiger partial charge in [0.15, 0.2) is 11.5 Å². The molecule has 0 unspecified atom stereocenters. The maximum atomic E-state index is 12.9. The minimum Gasteiger partial charge on any atom is -0.486 e. The molecule has 0 bridgehead atoms. The zero-order chi connectivity index (χ0) is 20.4. The summed E-state index contributed by atoms with van der Waals surface area (Å²) in [7, 11) is 0. The van der Waals surface area contributed by atoms with Crippen molar-refractivity contribution in [1.29, 1.82) is 0 Å². The Balaban J connectivity index is 1.59. The van der Waals surface area contributed by atoms with Crippen LogP contribution in [0.15, 0.2) is 42.5 Å². The predicted molar refractivity (Wildman–Crippen MR) is 103 cm³/mol. The minimum atomic E-state index is -0.581. The van der Waals surface area contributed by atoms with E-state index in [1.807, 2.05) is 0 Å². The molecule has 10 nitrogen and oxygen atoms in total. The molecular formula is C19H17N5O5. The number of nitrogens with zero attached hydrogens (tertiary/aromatic N) is 3. The molecule has 3 N–H and O–H groups in total. The predicted octanol–water partition coefficient (Wildman–Crippen LogP) is 1.99. The number of hydrogen-bond donors (Lipinski definition) is 2. The molecule has 0 amide bonds. The van der Waals surface area contributed by atoms with E-state index in [4.69, 9.17) is 19.9 Å². The van der Waals surface area contributed by atoms with Crippen LogP contribution >= 0.6 is 0 Å². The highest BCUT2D eigenvalue weighted by Gasteiger charge is 2.21. The van der Waals surface area contributed by atoms with Crippen LogP contribution in [0.2, 0.25) is 0 Å². The van der Waals surface area contributed by atoms with E-state index in [9.17, 15) is 9.59 Å². The molecule has 1 aliphatic rings. The van der Waals surface area contributed by atoms with Crippen LogP contribution in [0.25, 0.3) is 0 Å². The first kappa shape index (κ1) is 18.3. The summed E-state index contributed by atoms with van der Waals surface area (Å²) in [5.74, 6) is 0.239. The summed E-state index contributed by atoms with van der Waals surface area (Å²) in [6, 6.07) is 11.6. The number of esters is 1. The average molecular weight is 395 g/mol. The lowest BCUT2D eigenvalue weighted by Gasteiger charge is -2.18. The Morgan fingerprint density at radius 3 is 2.69 bits per heavy atom. The van der Waals surface area contributed by atoms with Crippen molar-refractivity contribution in [2.24, 2.45) is 0 Å². The van der Waals surface area contributed by atoms with E-state index in [1.54, 1.807) is 30.3 Å². The zero-order valence-electron chi connectivity index (χ0n) is 15.4. The number of nitrogens with two attached hydrogens (primary N) is 1. The molecule has 2 heterocycles. The van der Waals surface area contributed by atoms with Crippen molar-refractivity contribution < 1.29 is 23.8 Å². The van der Waals surface area contributed by atoms with Gasteiger partial charge in [0.25, 0.3) is 5.91 Å². The highest BCUT2D eigenvalue weighted by Crippen LogP contribution is 2.33. The third-order valence-corrected chi connectivity index (χ3v) is 3.99. The zero-order valence-corrected chi connectivity index (χ0v) is 15.4. The normalized spacial score (nSPS) is 12.3. The molecule has 0 saturated heterocycles. The fraction of sp³-hybridized carbons (Fsp3) is 0.158. The van der Waals surface area contributed by atoms with E-state index in [2.05, 4.69) is 15.4 Å². The van der Waals surface area contributed by atoms with Crippen LogP contribution in [0.4, 0.5) is 17.6 Å². The quantitative estimate of drug-likeness (QED) is 0.503. The summed E-state index contributed by atoms with van der Waals surface area (Å²) in [6.45, 7) is 2.21. The monoisotopic (exact) mass is 395 g/mol.